The summed E-state index contributed by atoms with van der Waals surface area (Å²) >= 11 is 0. The zero-order chi connectivity index (χ0) is 15.4. The van der Waals surface area contributed by atoms with Crippen LogP contribution in [0, 0.1) is 17.1 Å². The Hall–Kier alpha value is -3.07. The highest BCUT2D eigenvalue weighted by Crippen LogP contribution is 2.21. The molecule has 5 nitrogen and oxygen atoms in total. The quantitative estimate of drug-likeness (QED) is 0.842. The lowest BCUT2D eigenvalue weighted by atomic mass is 10.1. The lowest BCUT2D eigenvalue weighted by Gasteiger charge is -2.09. The van der Waals surface area contributed by atoms with Gasteiger partial charge < -0.3 is 15.6 Å². The van der Waals surface area contributed by atoms with Gasteiger partial charge >= 0.3 is 5.97 Å². The maximum atomic E-state index is 13.3. The van der Waals surface area contributed by atoms with Gasteiger partial charge in [0.25, 0.3) is 0 Å². The number of rotatable bonds is 4. The summed E-state index contributed by atoms with van der Waals surface area (Å²) in [6, 6.07) is 9.95. The van der Waals surface area contributed by atoms with E-state index in [-0.39, 0.29) is 23.4 Å². The summed E-state index contributed by atoms with van der Waals surface area (Å²) in [5.41, 5.74) is 6.26. The van der Waals surface area contributed by atoms with Crippen LogP contribution >= 0.6 is 0 Å². The number of halogens is 1. The minimum atomic E-state index is -1.16. The molecule has 3 N–H and O–H groups in total. The van der Waals surface area contributed by atoms with Crippen LogP contribution in [0.25, 0.3) is 0 Å². The minimum Gasteiger partial charge on any atom is -0.489 e. The van der Waals surface area contributed by atoms with E-state index in [4.69, 9.17) is 20.8 Å². The number of carboxylic acids is 1. The zero-order valence-corrected chi connectivity index (χ0v) is 10.8. The minimum absolute atomic E-state index is 0.00934. The van der Waals surface area contributed by atoms with Gasteiger partial charge in [-0.2, -0.15) is 5.26 Å². The topological polar surface area (TPSA) is 96.3 Å². The Morgan fingerprint density at radius 3 is 2.76 bits per heavy atom. The van der Waals surface area contributed by atoms with E-state index in [1.165, 1.54) is 30.3 Å². The molecule has 0 unspecified atom stereocenters. The van der Waals surface area contributed by atoms with E-state index in [2.05, 4.69) is 0 Å². The number of nitriles is 1. The van der Waals surface area contributed by atoms with Crippen molar-refractivity contribution in [3.05, 3.63) is 58.9 Å². The molecular weight excluding hydrogens is 275 g/mol. The van der Waals surface area contributed by atoms with E-state index in [9.17, 15) is 9.18 Å². The van der Waals surface area contributed by atoms with Crippen molar-refractivity contribution in [2.24, 2.45) is 0 Å². The number of nitrogen functional groups attached to an aromatic ring is 1. The third-order valence-corrected chi connectivity index (χ3v) is 2.75. The van der Waals surface area contributed by atoms with Gasteiger partial charge in [0.05, 0.1) is 17.2 Å². The molecule has 0 amide bonds. The number of anilines is 1. The first-order valence-electron chi connectivity index (χ1n) is 5.95. The van der Waals surface area contributed by atoms with Crippen molar-refractivity contribution in [3.63, 3.8) is 0 Å². The van der Waals surface area contributed by atoms with Gasteiger partial charge in [-0.05, 0) is 42.0 Å². The summed E-state index contributed by atoms with van der Waals surface area (Å²) in [6.07, 6.45) is 0. The predicted octanol–water partition coefficient (Wildman–Crippen LogP) is 2.56. The average Bonchev–Trinajstić information content (AvgIpc) is 2.45. The van der Waals surface area contributed by atoms with E-state index >= 15 is 0 Å². The molecule has 0 saturated heterocycles. The second-order valence-electron chi connectivity index (χ2n) is 4.30. The number of ether oxygens (including phenoxy) is 1. The Morgan fingerprint density at radius 2 is 2.10 bits per heavy atom. The molecule has 0 spiro atoms. The first-order chi connectivity index (χ1) is 9.99. The summed E-state index contributed by atoms with van der Waals surface area (Å²) in [4.78, 5) is 11.0. The van der Waals surface area contributed by atoms with E-state index in [0.717, 1.165) is 6.07 Å². The molecule has 0 heterocycles. The fourth-order valence-electron chi connectivity index (χ4n) is 1.78. The van der Waals surface area contributed by atoms with Gasteiger partial charge in [0.2, 0.25) is 0 Å². The normalized spacial score (nSPS) is 9.90. The number of hydrogen-bond acceptors (Lipinski definition) is 4. The summed E-state index contributed by atoms with van der Waals surface area (Å²) in [7, 11) is 0. The van der Waals surface area contributed by atoms with Crippen LogP contribution in [0.3, 0.4) is 0 Å². The number of benzene rings is 2. The fraction of sp³-hybridized carbons (Fsp3) is 0.0667. The number of carboxylic acid groups (broad SMARTS) is 1. The maximum Gasteiger partial charge on any atom is 0.337 e. The number of nitrogens with zero attached hydrogens (tertiary/aromatic N) is 1. The molecule has 6 heteroatoms. The standard InChI is InChI=1S/C15H11FN2O3/c16-11-4-9(7-17)3-10(5-11)8-21-12-1-2-14(18)13(6-12)15(19)20/h1-6H,8,18H2,(H,19,20). The number of carbonyl (C=O) groups is 1. The van der Waals surface area contributed by atoms with Crippen LogP contribution in [0.5, 0.6) is 5.75 Å². The van der Waals surface area contributed by atoms with E-state index in [0.29, 0.717) is 11.3 Å². The Labute approximate surface area is 120 Å². The van der Waals surface area contributed by atoms with E-state index in [1.54, 1.807) is 0 Å². The molecule has 0 bridgehead atoms. The summed E-state index contributed by atoms with van der Waals surface area (Å²) in [6.45, 7) is 0.00934. The van der Waals surface area contributed by atoms with Crippen molar-refractivity contribution in [2.75, 3.05) is 5.73 Å². The zero-order valence-electron chi connectivity index (χ0n) is 10.8. The maximum absolute atomic E-state index is 13.3. The Balaban J connectivity index is 2.17. The van der Waals surface area contributed by atoms with Crippen molar-refractivity contribution in [1.29, 1.82) is 5.26 Å². The van der Waals surface area contributed by atoms with Crippen LogP contribution in [0.1, 0.15) is 21.5 Å². The summed E-state index contributed by atoms with van der Waals surface area (Å²) in [5.74, 6) is -1.39. The molecule has 106 valence electrons. The molecule has 0 saturated carbocycles. The van der Waals surface area contributed by atoms with Crippen LogP contribution in [0.15, 0.2) is 36.4 Å². The van der Waals surface area contributed by atoms with Crippen molar-refractivity contribution in [1.82, 2.24) is 0 Å². The van der Waals surface area contributed by atoms with Gasteiger partial charge in [0.1, 0.15) is 18.2 Å². The molecule has 2 aromatic carbocycles. The number of aromatic carboxylic acids is 1. The Morgan fingerprint density at radius 1 is 1.33 bits per heavy atom. The van der Waals surface area contributed by atoms with Gasteiger partial charge in [0, 0.05) is 5.69 Å². The van der Waals surface area contributed by atoms with Gasteiger partial charge in [-0.1, -0.05) is 0 Å². The molecule has 0 atom stereocenters. The third kappa shape index (κ3) is 3.48. The predicted molar refractivity (Wildman–Crippen MR) is 73.3 cm³/mol. The molecule has 0 aliphatic rings. The van der Waals surface area contributed by atoms with Crippen LogP contribution in [-0.2, 0) is 6.61 Å². The van der Waals surface area contributed by atoms with Gasteiger partial charge in [-0.3, -0.25) is 0 Å². The SMILES string of the molecule is N#Cc1cc(F)cc(COc2ccc(N)c(C(=O)O)c2)c1. The second kappa shape index (κ2) is 5.92. The van der Waals surface area contributed by atoms with Crippen molar-refractivity contribution >= 4 is 11.7 Å². The lowest BCUT2D eigenvalue weighted by Crippen LogP contribution is -2.03. The molecular formula is C15H11FN2O3. The molecule has 0 aliphatic heterocycles. The number of nitrogens with two attached hydrogens (primary N) is 1. The highest BCUT2D eigenvalue weighted by Gasteiger charge is 2.09. The van der Waals surface area contributed by atoms with Crippen molar-refractivity contribution in [3.8, 4) is 11.8 Å². The molecule has 0 aliphatic carbocycles. The second-order valence-corrected chi connectivity index (χ2v) is 4.30. The van der Waals surface area contributed by atoms with Gasteiger partial charge in [-0.25, -0.2) is 9.18 Å². The molecule has 21 heavy (non-hydrogen) atoms. The fourth-order valence-corrected chi connectivity index (χ4v) is 1.78. The molecule has 0 fully saturated rings. The molecule has 2 aromatic rings. The highest BCUT2D eigenvalue weighted by atomic mass is 19.1. The smallest absolute Gasteiger partial charge is 0.337 e. The number of hydrogen-bond donors (Lipinski definition) is 2. The van der Waals surface area contributed by atoms with Crippen LogP contribution in [0.4, 0.5) is 10.1 Å². The van der Waals surface area contributed by atoms with Crippen molar-refractivity contribution < 1.29 is 19.0 Å². The van der Waals surface area contributed by atoms with Crippen molar-refractivity contribution in [2.45, 2.75) is 6.61 Å². The van der Waals surface area contributed by atoms with Gasteiger partial charge in [-0.15, -0.1) is 0 Å². The molecule has 0 aromatic heterocycles. The molecule has 2 rings (SSSR count). The molecule has 0 radical (unpaired) electrons. The summed E-state index contributed by atoms with van der Waals surface area (Å²) in [5, 5.41) is 17.7. The van der Waals surface area contributed by atoms with E-state index in [1.807, 2.05) is 6.07 Å². The largest absolute Gasteiger partial charge is 0.489 e. The van der Waals surface area contributed by atoms with Crippen LogP contribution < -0.4 is 10.5 Å². The van der Waals surface area contributed by atoms with Crippen LogP contribution in [0.2, 0.25) is 0 Å². The van der Waals surface area contributed by atoms with Gasteiger partial charge in [0.15, 0.2) is 0 Å². The Kier molecular flexibility index (Phi) is 4.05. The highest BCUT2D eigenvalue weighted by molar-refractivity contribution is 5.94. The first kappa shape index (κ1) is 14.3. The first-order valence-corrected chi connectivity index (χ1v) is 5.95. The third-order valence-electron chi connectivity index (χ3n) is 2.75. The lowest BCUT2D eigenvalue weighted by molar-refractivity contribution is 0.0697. The monoisotopic (exact) mass is 286 g/mol. The Bertz CT molecular complexity index is 738. The summed E-state index contributed by atoms with van der Waals surface area (Å²) < 4.78 is 18.7. The van der Waals surface area contributed by atoms with Crippen LogP contribution in [-0.4, -0.2) is 11.1 Å². The average molecular weight is 286 g/mol. The van der Waals surface area contributed by atoms with E-state index < -0.39 is 11.8 Å².